The fourth-order valence-electron chi connectivity index (χ4n) is 2.57. The fraction of sp³-hybridized carbons (Fsp3) is 0.158. The topological polar surface area (TPSA) is 85.4 Å². The molecule has 0 atom stereocenters. The maximum atomic E-state index is 12.4. The SMILES string of the molecule is Cc1ccc2cc(COC(=O)c3ccccc3NS(C)(=O)=O)c(Cl)nc2c1. The molecule has 0 saturated carbocycles. The average Bonchev–Trinajstić information content (AvgIpc) is 2.58. The third-order valence-electron chi connectivity index (χ3n) is 3.80. The summed E-state index contributed by atoms with van der Waals surface area (Å²) in [5.41, 5.74) is 2.67. The van der Waals surface area contributed by atoms with Gasteiger partial charge in [0.2, 0.25) is 10.0 Å². The number of hydrogen-bond donors (Lipinski definition) is 1. The number of hydrogen-bond acceptors (Lipinski definition) is 5. The van der Waals surface area contributed by atoms with Crippen LogP contribution < -0.4 is 4.72 Å². The first-order valence-corrected chi connectivity index (χ1v) is 10.3. The lowest BCUT2D eigenvalue weighted by atomic mass is 10.1. The number of aryl methyl sites for hydroxylation is 1. The number of carbonyl (C=O) groups is 1. The standard InChI is InChI=1S/C19H17ClN2O4S/c1-12-7-8-13-10-14(18(20)21-17(13)9-12)11-26-19(23)15-5-3-4-6-16(15)22-27(2,24)25/h3-10,22H,11H2,1-2H3. The second-order valence-electron chi connectivity index (χ2n) is 6.13. The predicted octanol–water partition coefficient (Wildman–Crippen LogP) is 3.93. The minimum absolute atomic E-state index is 0.0817. The van der Waals surface area contributed by atoms with Crippen LogP contribution in [0.2, 0.25) is 5.15 Å². The largest absolute Gasteiger partial charge is 0.457 e. The molecule has 0 bridgehead atoms. The summed E-state index contributed by atoms with van der Waals surface area (Å²) in [6.07, 6.45) is 1.01. The van der Waals surface area contributed by atoms with Crippen LogP contribution in [-0.4, -0.2) is 25.6 Å². The first-order valence-electron chi connectivity index (χ1n) is 8.03. The lowest BCUT2D eigenvalue weighted by molar-refractivity contribution is 0.0474. The van der Waals surface area contributed by atoms with Crippen molar-refractivity contribution in [3.63, 3.8) is 0 Å². The maximum Gasteiger partial charge on any atom is 0.340 e. The first-order chi connectivity index (χ1) is 12.7. The zero-order valence-corrected chi connectivity index (χ0v) is 16.3. The van der Waals surface area contributed by atoms with Crippen LogP contribution in [0.15, 0.2) is 48.5 Å². The van der Waals surface area contributed by atoms with Crippen LogP contribution in [0.5, 0.6) is 0 Å². The highest BCUT2D eigenvalue weighted by molar-refractivity contribution is 7.92. The number of carbonyl (C=O) groups excluding carboxylic acids is 1. The summed E-state index contributed by atoms with van der Waals surface area (Å²) in [6.45, 7) is 1.88. The summed E-state index contributed by atoms with van der Waals surface area (Å²) in [6, 6.07) is 13.8. The van der Waals surface area contributed by atoms with Gasteiger partial charge in [-0.25, -0.2) is 18.2 Å². The fourth-order valence-corrected chi connectivity index (χ4v) is 3.35. The number of nitrogens with one attached hydrogen (secondary N) is 1. The van der Waals surface area contributed by atoms with E-state index in [1.165, 1.54) is 12.1 Å². The molecular weight excluding hydrogens is 388 g/mol. The number of halogens is 1. The van der Waals surface area contributed by atoms with Crippen LogP contribution in [0.4, 0.5) is 5.69 Å². The van der Waals surface area contributed by atoms with E-state index in [4.69, 9.17) is 16.3 Å². The molecule has 0 amide bonds. The van der Waals surface area contributed by atoms with Crippen LogP contribution in [0, 0.1) is 6.92 Å². The van der Waals surface area contributed by atoms with Crippen LogP contribution in [-0.2, 0) is 21.4 Å². The smallest absolute Gasteiger partial charge is 0.340 e. The minimum Gasteiger partial charge on any atom is -0.457 e. The second kappa shape index (κ2) is 7.54. The summed E-state index contributed by atoms with van der Waals surface area (Å²) < 4.78 is 30.5. The van der Waals surface area contributed by atoms with Crippen LogP contribution >= 0.6 is 11.6 Å². The quantitative estimate of drug-likeness (QED) is 0.514. The Balaban J connectivity index is 1.81. The minimum atomic E-state index is -3.52. The van der Waals surface area contributed by atoms with E-state index in [9.17, 15) is 13.2 Å². The molecule has 0 unspecified atom stereocenters. The summed E-state index contributed by atoms with van der Waals surface area (Å²) in [7, 11) is -3.52. The van der Waals surface area contributed by atoms with Crippen molar-refractivity contribution in [3.8, 4) is 0 Å². The molecule has 0 aliphatic carbocycles. The molecular formula is C19H17ClN2O4S. The zero-order valence-electron chi connectivity index (χ0n) is 14.7. The Labute approximate surface area is 162 Å². The monoisotopic (exact) mass is 404 g/mol. The molecule has 140 valence electrons. The summed E-state index contributed by atoms with van der Waals surface area (Å²) in [5, 5.41) is 1.14. The number of anilines is 1. The molecule has 0 aliphatic rings. The molecule has 8 heteroatoms. The van der Waals surface area contributed by atoms with Crippen molar-refractivity contribution < 1.29 is 17.9 Å². The van der Waals surface area contributed by atoms with Crippen LogP contribution in [0.25, 0.3) is 10.9 Å². The van der Waals surface area contributed by atoms with Crippen molar-refractivity contribution >= 4 is 44.2 Å². The van der Waals surface area contributed by atoms with E-state index in [0.29, 0.717) is 5.56 Å². The van der Waals surface area contributed by atoms with Gasteiger partial charge in [0.1, 0.15) is 11.8 Å². The van der Waals surface area contributed by atoms with Crippen molar-refractivity contribution in [2.75, 3.05) is 11.0 Å². The van der Waals surface area contributed by atoms with E-state index in [2.05, 4.69) is 9.71 Å². The highest BCUT2D eigenvalue weighted by Gasteiger charge is 2.16. The Morgan fingerprint density at radius 3 is 2.67 bits per heavy atom. The van der Waals surface area contributed by atoms with Crippen LogP contribution in [0.1, 0.15) is 21.5 Å². The van der Waals surface area contributed by atoms with Gasteiger partial charge in [-0.05, 0) is 36.8 Å². The molecule has 0 saturated heterocycles. The van der Waals surface area contributed by atoms with Gasteiger partial charge in [0.05, 0.1) is 23.0 Å². The number of aromatic nitrogens is 1. The highest BCUT2D eigenvalue weighted by Crippen LogP contribution is 2.23. The van der Waals surface area contributed by atoms with Gasteiger partial charge in [-0.15, -0.1) is 0 Å². The van der Waals surface area contributed by atoms with E-state index in [1.807, 2.05) is 31.2 Å². The molecule has 0 spiro atoms. The van der Waals surface area contributed by atoms with Crippen molar-refractivity contribution in [2.45, 2.75) is 13.5 Å². The van der Waals surface area contributed by atoms with Crippen LogP contribution in [0.3, 0.4) is 0 Å². The molecule has 6 nitrogen and oxygen atoms in total. The van der Waals surface area contributed by atoms with Gasteiger partial charge in [0.15, 0.2) is 0 Å². The number of para-hydroxylation sites is 1. The lowest BCUT2D eigenvalue weighted by Crippen LogP contribution is -2.14. The van der Waals surface area contributed by atoms with Crippen molar-refractivity contribution in [1.29, 1.82) is 0 Å². The van der Waals surface area contributed by atoms with Crippen molar-refractivity contribution in [2.24, 2.45) is 0 Å². The Kier molecular flexibility index (Phi) is 5.34. The molecule has 3 rings (SSSR count). The Morgan fingerprint density at radius 2 is 1.93 bits per heavy atom. The molecule has 1 aromatic heterocycles. The Bertz CT molecular complexity index is 1130. The Morgan fingerprint density at radius 1 is 1.19 bits per heavy atom. The number of esters is 1. The van der Waals surface area contributed by atoms with Crippen molar-refractivity contribution in [1.82, 2.24) is 4.98 Å². The molecule has 0 fully saturated rings. The molecule has 27 heavy (non-hydrogen) atoms. The Hall–Kier alpha value is -2.64. The van der Waals surface area contributed by atoms with Gasteiger partial charge in [-0.2, -0.15) is 0 Å². The number of rotatable bonds is 5. The summed E-state index contributed by atoms with van der Waals surface area (Å²) in [5.74, 6) is -0.665. The molecule has 2 aromatic carbocycles. The van der Waals surface area contributed by atoms with E-state index in [0.717, 1.165) is 22.7 Å². The van der Waals surface area contributed by atoms with E-state index < -0.39 is 16.0 Å². The molecule has 1 heterocycles. The lowest BCUT2D eigenvalue weighted by Gasteiger charge is -2.11. The number of nitrogens with zero attached hydrogens (tertiary/aromatic N) is 1. The van der Waals surface area contributed by atoms with Crippen molar-refractivity contribution in [3.05, 3.63) is 70.4 Å². The normalized spacial score (nSPS) is 11.4. The predicted molar refractivity (Wildman–Crippen MR) is 106 cm³/mol. The number of fused-ring (bicyclic) bond motifs is 1. The summed E-state index contributed by atoms with van der Waals surface area (Å²) in [4.78, 5) is 16.8. The van der Waals surface area contributed by atoms with E-state index >= 15 is 0 Å². The molecule has 1 N–H and O–H groups in total. The van der Waals surface area contributed by atoms with E-state index in [-0.39, 0.29) is 23.0 Å². The van der Waals surface area contributed by atoms with Gasteiger partial charge >= 0.3 is 5.97 Å². The van der Waals surface area contributed by atoms with Gasteiger partial charge in [0, 0.05) is 10.9 Å². The number of pyridine rings is 1. The summed E-state index contributed by atoms with van der Waals surface area (Å²) >= 11 is 6.21. The number of benzene rings is 2. The highest BCUT2D eigenvalue weighted by atomic mass is 35.5. The number of sulfonamides is 1. The van der Waals surface area contributed by atoms with Gasteiger partial charge in [0.25, 0.3) is 0 Å². The average molecular weight is 405 g/mol. The van der Waals surface area contributed by atoms with Gasteiger partial charge in [-0.1, -0.05) is 35.9 Å². The number of ether oxygens (including phenoxy) is 1. The van der Waals surface area contributed by atoms with E-state index in [1.54, 1.807) is 12.1 Å². The zero-order chi connectivity index (χ0) is 19.6. The molecule has 0 aliphatic heterocycles. The molecule has 3 aromatic rings. The van der Waals surface area contributed by atoms with Gasteiger partial charge < -0.3 is 4.74 Å². The third kappa shape index (κ3) is 4.75. The second-order valence-corrected chi connectivity index (χ2v) is 8.24. The first kappa shape index (κ1) is 19.1. The maximum absolute atomic E-state index is 12.4. The molecule has 0 radical (unpaired) electrons. The third-order valence-corrected chi connectivity index (χ3v) is 4.72. The van der Waals surface area contributed by atoms with Gasteiger partial charge in [-0.3, -0.25) is 4.72 Å².